The van der Waals surface area contributed by atoms with Gasteiger partial charge >= 0.3 is 0 Å². The number of ether oxygens (including phenoxy) is 2. The van der Waals surface area contributed by atoms with Crippen molar-refractivity contribution in [2.45, 2.75) is 6.42 Å². The molecule has 2 heterocycles. The molecule has 116 valence electrons. The first-order valence-electron chi connectivity index (χ1n) is 7.54. The van der Waals surface area contributed by atoms with E-state index < -0.39 is 0 Å². The topological polar surface area (TPSA) is 63.4 Å². The van der Waals surface area contributed by atoms with E-state index in [0.29, 0.717) is 23.6 Å². The van der Waals surface area contributed by atoms with E-state index in [1.165, 1.54) is 10.9 Å². The Hall–Kier alpha value is -2.95. The van der Waals surface area contributed by atoms with Crippen molar-refractivity contribution in [3.05, 3.63) is 59.8 Å². The zero-order chi connectivity index (χ0) is 15.6. The van der Waals surface area contributed by atoms with Crippen molar-refractivity contribution in [1.29, 1.82) is 0 Å². The van der Waals surface area contributed by atoms with Gasteiger partial charge in [0.2, 0.25) is 6.79 Å². The third-order valence-corrected chi connectivity index (χ3v) is 3.99. The Morgan fingerprint density at radius 3 is 2.96 bits per heavy atom. The molecule has 3 aromatic rings. The van der Waals surface area contributed by atoms with Crippen molar-refractivity contribution < 1.29 is 14.3 Å². The first-order chi connectivity index (χ1) is 11.3. The molecule has 5 heteroatoms. The molecule has 0 fully saturated rings. The second-order valence-corrected chi connectivity index (χ2v) is 5.43. The summed E-state index contributed by atoms with van der Waals surface area (Å²) >= 11 is 0. The highest BCUT2D eigenvalue weighted by molar-refractivity contribution is 5.95. The number of H-pyrrole nitrogens is 1. The number of fused-ring (bicyclic) bond motifs is 2. The van der Waals surface area contributed by atoms with Crippen LogP contribution in [-0.4, -0.2) is 24.2 Å². The summed E-state index contributed by atoms with van der Waals surface area (Å²) in [4.78, 5) is 15.5. The van der Waals surface area contributed by atoms with Crippen molar-refractivity contribution in [3.63, 3.8) is 0 Å². The lowest BCUT2D eigenvalue weighted by atomic mass is 10.1. The second-order valence-electron chi connectivity index (χ2n) is 5.43. The molecule has 1 aliphatic rings. The van der Waals surface area contributed by atoms with Crippen LogP contribution >= 0.6 is 0 Å². The fourth-order valence-electron chi connectivity index (χ4n) is 2.79. The summed E-state index contributed by atoms with van der Waals surface area (Å²) in [6, 6.07) is 13.4. The third kappa shape index (κ3) is 2.61. The first-order valence-corrected chi connectivity index (χ1v) is 7.54. The van der Waals surface area contributed by atoms with Gasteiger partial charge in [0.15, 0.2) is 11.5 Å². The number of para-hydroxylation sites is 1. The zero-order valence-electron chi connectivity index (χ0n) is 12.5. The highest BCUT2D eigenvalue weighted by atomic mass is 16.7. The molecule has 1 aromatic heterocycles. The Kier molecular flexibility index (Phi) is 3.38. The normalized spacial score (nSPS) is 12.5. The minimum absolute atomic E-state index is 0.108. The minimum Gasteiger partial charge on any atom is -0.454 e. The van der Waals surface area contributed by atoms with E-state index >= 15 is 0 Å². The molecule has 0 saturated heterocycles. The van der Waals surface area contributed by atoms with Crippen LogP contribution < -0.4 is 14.8 Å². The van der Waals surface area contributed by atoms with Crippen molar-refractivity contribution in [2.75, 3.05) is 13.3 Å². The summed E-state index contributed by atoms with van der Waals surface area (Å²) in [6.45, 7) is 0.788. The summed E-state index contributed by atoms with van der Waals surface area (Å²) in [7, 11) is 0. The number of carbonyl (C=O) groups is 1. The Labute approximate surface area is 133 Å². The van der Waals surface area contributed by atoms with Crippen LogP contribution in [-0.2, 0) is 6.42 Å². The van der Waals surface area contributed by atoms with E-state index in [1.807, 2.05) is 24.4 Å². The standard InChI is InChI=1S/C18H16N2O3/c21-18(12-5-6-16-17(9-12)23-11-22-16)19-8-7-13-10-20-15-4-2-1-3-14(13)15/h1-6,9-10,20H,7-8,11H2,(H,19,21). The van der Waals surface area contributed by atoms with Crippen LogP contribution in [0.3, 0.4) is 0 Å². The number of rotatable bonds is 4. The smallest absolute Gasteiger partial charge is 0.251 e. The SMILES string of the molecule is O=C(NCCc1c[nH]c2ccccc12)c1ccc2c(c1)OCO2. The van der Waals surface area contributed by atoms with E-state index in [9.17, 15) is 4.79 Å². The Morgan fingerprint density at radius 1 is 1.13 bits per heavy atom. The summed E-state index contributed by atoms with van der Waals surface area (Å²) < 4.78 is 10.5. The third-order valence-electron chi connectivity index (χ3n) is 3.99. The van der Waals surface area contributed by atoms with Crippen LogP contribution in [0, 0.1) is 0 Å². The van der Waals surface area contributed by atoms with E-state index in [2.05, 4.69) is 16.4 Å². The van der Waals surface area contributed by atoms with Gasteiger partial charge in [0, 0.05) is 29.2 Å². The second kappa shape index (κ2) is 5.68. The molecule has 0 saturated carbocycles. The van der Waals surface area contributed by atoms with Gasteiger partial charge in [0.05, 0.1) is 0 Å². The van der Waals surface area contributed by atoms with Crippen LogP contribution in [0.2, 0.25) is 0 Å². The van der Waals surface area contributed by atoms with Crippen LogP contribution in [0.1, 0.15) is 15.9 Å². The van der Waals surface area contributed by atoms with Gasteiger partial charge in [0.1, 0.15) is 0 Å². The first kappa shape index (κ1) is 13.7. The molecular weight excluding hydrogens is 292 g/mol. The predicted molar refractivity (Wildman–Crippen MR) is 86.9 cm³/mol. The van der Waals surface area contributed by atoms with E-state index in [0.717, 1.165) is 11.9 Å². The number of aromatic nitrogens is 1. The number of nitrogens with one attached hydrogen (secondary N) is 2. The van der Waals surface area contributed by atoms with Crippen LogP contribution in [0.4, 0.5) is 0 Å². The average Bonchev–Trinajstić information content (AvgIpc) is 3.21. The number of aromatic amines is 1. The van der Waals surface area contributed by atoms with E-state index in [-0.39, 0.29) is 12.7 Å². The molecule has 1 amide bonds. The number of benzene rings is 2. The molecule has 0 aliphatic carbocycles. The van der Waals surface area contributed by atoms with Gasteiger partial charge in [-0.05, 0) is 36.2 Å². The quantitative estimate of drug-likeness (QED) is 0.779. The lowest BCUT2D eigenvalue weighted by Crippen LogP contribution is -2.25. The molecule has 0 radical (unpaired) electrons. The van der Waals surface area contributed by atoms with Crippen molar-refractivity contribution in [1.82, 2.24) is 10.3 Å². The number of amides is 1. The zero-order valence-corrected chi connectivity index (χ0v) is 12.5. The Balaban J connectivity index is 1.40. The van der Waals surface area contributed by atoms with Crippen LogP contribution in [0.25, 0.3) is 10.9 Å². The van der Waals surface area contributed by atoms with Crippen LogP contribution in [0.15, 0.2) is 48.7 Å². The maximum Gasteiger partial charge on any atom is 0.251 e. The Bertz CT molecular complexity index is 870. The maximum absolute atomic E-state index is 12.2. The van der Waals surface area contributed by atoms with Gasteiger partial charge in [-0.2, -0.15) is 0 Å². The summed E-state index contributed by atoms with van der Waals surface area (Å²) in [5, 5.41) is 4.14. The lowest BCUT2D eigenvalue weighted by Gasteiger charge is -2.06. The average molecular weight is 308 g/mol. The molecular formula is C18H16N2O3. The van der Waals surface area contributed by atoms with Crippen LogP contribution in [0.5, 0.6) is 11.5 Å². The summed E-state index contributed by atoms with van der Waals surface area (Å²) in [6.07, 6.45) is 2.78. The molecule has 0 bridgehead atoms. The van der Waals surface area contributed by atoms with Crippen molar-refractivity contribution in [3.8, 4) is 11.5 Å². The number of carbonyl (C=O) groups excluding carboxylic acids is 1. The molecule has 0 spiro atoms. The molecule has 5 nitrogen and oxygen atoms in total. The lowest BCUT2D eigenvalue weighted by molar-refractivity contribution is 0.0953. The molecule has 0 unspecified atom stereocenters. The molecule has 4 rings (SSSR count). The van der Waals surface area contributed by atoms with Gasteiger partial charge in [-0.1, -0.05) is 18.2 Å². The molecule has 23 heavy (non-hydrogen) atoms. The number of hydrogen-bond acceptors (Lipinski definition) is 3. The van der Waals surface area contributed by atoms with E-state index in [4.69, 9.17) is 9.47 Å². The Morgan fingerprint density at radius 2 is 2.00 bits per heavy atom. The predicted octanol–water partition coefficient (Wildman–Crippen LogP) is 2.87. The summed E-state index contributed by atoms with van der Waals surface area (Å²) in [5.74, 6) is 1.19. The van der Waals surface area contributed by atoms with Gasteiger partial charge in [-0.15, -0.1) is 0 Å². The fraction of sp³-hybridized carbons (Fsp3) is 0.167. The van der Waals surface area contributed by atoms with Gasteiger partial charge < -0.3 is 19.8 Å². The largest absolute Gasteiger partial charge is 0.454 e. The highest BCUT2D eigenvalue weighted by Gasteiger charge is 2.16. The number of hydrogen-bond donors (Lipinski definition) is 2. The van der Waals surface area contributed by atoms with Crippen molar-refractivity contribution >= 4 is 16.8 Å². The monoisotopic (exact) mass is 308 g/mol. The van der Waals surface area contributed by atoms with Gasteiger partial charge in [-0.3, -0.25) is 4.79 Å². The van der Waals surface area contributed by atoms with Crippen molar-refractivity contribution in [2.24, 2.45) is 0 Å². The minimum atomic E-state index is -0.108. The molecule has 0 atom stereocenters. The van der Waals surface area contributed by atoms with Gasteiger partial charge in [0.25, 0.3) is 5.91 Å². The highest BCUT2D eigenvalue weighted by Crippen LogP contribution is 2.32. The molecule has 2 aromatic carbocycles. The molecule has 1 aliphatic heterocycles. The van der Waals surface area contributed by atoms with Gasteiger partial charge in [-0.25, -0.2) is 0 Å². The fourth-order valence-corrected chi connectivity index (χ4v) is 2.79. The molecule has 2 N–H and O–H groups in total. The maximum atomic E-state index is 12.2. The van der Waals surface area contributed by atoms with E-state index in [1.54, 1.807) is 18.2 Å². The summed E-state index contributed by atoms with van der Waals surface area (Å²) in [5.41, 5.74) is 2.89.